The van der Waals surface area contributed by atoms with Crippen LogP contribution in [0.5, 0.6) is 0 Å². The summed E-state index contributed by atoms with van der Waals surface area (Å²) < 4.78 is 7.65. The van der Waals surface area contributed by atoms with E-state index in [1.54, 1.807) is 0 Å². The van der Waals surface area contributed by atoms with Gasteiger partial charge in [0.1, 0.15) is 11.4 Å². The summed E-state index contributed by atoms with van der Waals surface area (Å²) in [6.45, 7) is 6.50. The van der Waals surface area contributed by atoms with E-state index in [-0.39, 0.29) is 12.1 Å². The van der Waals surface area contributed by atoms with Crippen molar-refractivity contribution in [2.24, 2.45) is 13.0 Å². The van der Waals surface area contributed by atoms with Crippen molar-refractivity contribution in [3.05, 3.63) is 29.6 Å². The standard InChI is InChI=1S/C22H34N4O2/c1-22(2,3)28-21(27)24-18(13-12-15-10-11-15)20-23-17-9-7-8-16(14-25(4)5)19(17)26(20)6/h7-9,15,18H,10-14H2,1-6H3,(H,24,27). The van der Waals surface area contributed by atoms with Gasteiger partial charge in [0.2, 0.25) is 0 Å². The number of fused-ring (bicyclic) bond motifs is 1. The Balaban J connectivity index is 1.90. The molecule has 1 aliphatic carbocycles. The first-order valence-corrected chi connectivity index (χ1v) is 10.2. The smallest absolute Gasteiger partial charge is 0.408 e. The average molecular weight is 387 g/mol. The van der Waals surface area contributed by atoms with Crippen molar-refractivity contribution in [3.8, 4) is 0 Å². The third-order valence-electron chi connectivity index (χ3n) is 5.06. The lowest BCUT2D eigenvalue weighted by Crippen LogP contribution is -2.36. The molecule has 0 radical (unpaired) electrons. The van der Waals surface area contributed by atoms with Crippen molar-refractivity contribution in [1.29, 1.82) is 0 Å². The molecule has 1 saturated carbocycles. The first kappa shape index (κ1) is 20.6. The number of imidazole rings is 1. The van der Waals surface area contributed by atoms with Crippen molar-refractivity contribution in [3.63, 3.8) is 0 Å². The molecule has 1 unspecified atom stereocenters. The summed E-state index contributed by atoms with van der Waals surface area (Å²) in [4.78, 5) is 19.5. The van der Waals surface area contributed by atoms with Crippen LogP contribution in [0.25, 0.3) is 11.0 Å². The molecular weight excluding hydrogens is 352 g/mol. The Hall–Kier alpha value is -2.08. The molecule has 0 spiro atoms. The molecule has 1 atom stereocenters. The summed E-state index contributed by atoms with van der Waals surface area (Å²) in [5.74, 6) is 1.69. The summed E-state index contributed by atoms with van der Waals surface area (Å²) in [6.07, 6.45) is 4.20. The minimum Gasteiger partial charge on any atom is -0.444 e. The Morgan fingerprint density at radius 1 is 1.36 bits per heavy atom. The topological polar surface area (TPSA) is 59.4 Å². The van der Waals surface area contributed by atoms with Gasteiger partial charge in [0.15, 0.2) is 0 Å². The van der Waals surface area contributed by atoms with Gasteiger partial charge >= 0.3 is 6.09 Å². The van der Waals surface area contributed by atoms with Crippen molar-refractivity contribution in [2.45, 2.75) is 64.6 Å². The number of nitrogens with one attached hydrogen (secondary N) is 1. The second-order valence-corrected chi connectivity index (χ2v) is 9.27. The van der Waals surface area contributed by atoms with Gasteiger partial charge < -0.3 is 19.5 Å². The lowest BCUT2D eigenvalue weighted by molar-refractivity contribution is 0.0497. The molecule has 1 N–H and O–H groups in total. The molecule has 0 aliphatic heterocycles. The van der Waals surface area contributed by atoms with E-state index in [1.807, 2.05) is 33.9 Å². The molecular formula is C22H34N4O2. The number of ether oxygens (including phenoxy) is 1. The highest BCUT2D eigenvalue weighted by Gasteiger charge is 2.28. The van der Waals surface area contributed by atoms with E-state index in [0.29, 0.717) is 0 Å². The van der Waals surface area contributed by atoms with Gasteiger partial charge in [-0.3, -0.25) is 0 Å². The fraction of sp³-hybridized carbons (Fsp3) is 0.636. The number of aromatic nitrogens is 2. The molecule has 1 aliphatic rings. The van der Waals surface area contributed by atoms with Gasteiger partial charge in [0.25, 0.3) is 0 Å². The molecule has 1 aromatic carbocycles. The molecule has 1 fully saturated rings. The second kappa shape index (κ2) is 8.11. The van der Waals surface area contributed by atoms with E-state index < -0.39 is 5.60 Å². The van der Waals surface area contributed by atoms with Crippen LogP contribution in [0.4, 0.5) is 4.79 Å². The summed E-state index contributed by atoms with van der Waals surface area (Å²) in [7, 11) is 6.18. The first-order chi connectivity index (χ1) is 13.1. The Labute approximate surface area is 168 Å². The number of hydrogen-bond donors (Lipinski definition) is 1. The second-order valence-electron chi connectivity index (χ2n) is 9.27. The van der Waals surface area contributed by atoms with Crippen molar-refractivity contribution in [1.82, 2.24) is 19.8 Å². The SMILES string of the molecule is CN(C)Cc1cccc2nc(C(CCC3CC3)NC(=O)OC(C)(C)C)n(C)c12. The fourth-order valence-corrected chi connectivity index (χ4v) is 3.67. The lowest BCUT2D eigenvalue weighted by Gasteiger charge is -2.23. The molecule has 6 heteroatoms. The highest BCUT2D eigenvalue weighted by atomic mass is 16.6. The Bertz CT molecular complexity index is 831. The highest BCUT2D eigenvalue weighted by Crippen LogP contribution is 2.36. The van der Waals surface area contributed by atoms with Gasteiger partial charge in [0, 0.05) is 13.6 Å². The third kappa shape index (κ3) is 5.25. The molecule has 1 amide bonds. The zero-order valence-electron chi connectivity index (χ0n) is 18.1. The molecule has 28 heavy (non-hydrogen) atoms. The number of para-hydroxylation sites is 1. The van der Waals surface area contributed by atoms with Gasteiger partial charge in [-0.15, -0.1) is 0 Å². The maximum Gasteiger partial charge on any atom is 0.408 e. The normalized spacial score (nSPS) is 15.8. The predicted octanol–water partition coefficient (Wildman–Crippen LogP) is 4.39. The summed E-state index contributed by atoms with van der Waals surface area (Å²) >= 11 is 0. The summed E-state index contributed by atoms with van der Waals surface area (Å²) in [5, 5.41) is 3.08. The number of nitrogens with zero attached hydrogens (tertiary/aromatic N) is 3. The van der Waals surface area contributed by atoms with Crippen molar-refractivity contribution < 1.29 is 9.53 Å². The van der Waals surface area contributed by atoms with E-state index in [4.69, 9.17) is 9.72 Å². The van der Waals surface area contributed by atoms with Crippen LogP contribution in [0.15, 0.2) is 18.2 Å². The summed E-state index contributed by atoms with van der Waals surface area (Å²) in [6, 6.07) is 6.09. The van der Waals surface area contributed by atoms with E-state index >= 15 is 0 Å². The van der Waals surface area contributed by atoms with Gasteiger partial charge in [-0.05, 0) is 65.3 Å². The molecule has 6 nitrogen and oxygen atoms in total. The van der Waals surface area contributed by atoms with Gasteiger partial charge in [-0.25, -0.2) is 9.78 Å². The molecule has 1 aromatic heterocycles. The van der Waals surface area contributed by atoms with Crippen LogP contribution in [0.2, 0.25) is 0 Å². The maximum atomic E-state index is 12.5. The lowest BCUT2D eigenvalue weighted by atomic mass is 10.1. The van der Waals surface area contributed by atoms with Crippen LogP contribution in [0, 0.1) is 5.92 Å². The van der Waals surface area contributed by atoms with E-state index in [1.165, 1.54) is 18.4 Å². The number of hydrogen-bond acceptors (Lipinski definition) is 4. The monoisotopic (exact) mass is 386 g/mol. The third-order valence-corrected chi connectivity index (χ3v) is 5.06. The minimum atomic E-state index is -0.518. The number of carbonyl (C=O) groups is 1. The van der Waals surface area contributed by atoms with E-state index in [2.05, 4.69) is 41.0 Å². The van der Waals surface area contributed by atoms with E-state index in [9.17, 15) is 4.79 Å². The molecule has 0 saturated heterocycles. The van der Waals surface area contributed by atoms with Crippen LogP contribution < -0.4 is 5.32 Å². The zero-order valence-corrected chi connectivity index (χ0v) is 18.1. The number of amides is 1. The highest BCUT2D eigenvalue weighted by molar-refractivity contribution is 5.80. The molecule has 154 valence electrons. The fourth-order valence-electron chi connectivity index (χ4n) is 3.67. The molecule has 2 aromatic rings. The zero-order chi connectivity index (χ0) is 20.5. The first-order valence-electron chi connectivity index (χ1n) is 10.2. The number of benzene rings is 1. The van der Waals surface area contributed by atoms with Crippen LogP contribution in [0.1, 0.15) is 63.9 Å². The number of carbonyl (C=O) groups excluding carboxylic acids is 1. The Morgan fingerprint density at radius 3 is 2.68 bits per heavy atom. The van der Waals surface area contributed by atoms with E-state index in [0.717, 1.165) is 42.2 Å². The maximum absolute atomic E-state index is 12.5. The predicted molar refractivity (Wildman–Crippen MR) is 112 cm³/mol. The average Bonchev–Trinajstić information content (AvgIpc) is 3.32. The Kier molecular flexibility index (Phi) is 5.98. The molecule has 3 rings (SSSR count). The largest absolute Gasteiger partial charge is 0.444 e. The minimum absolute atomic E-state index is 0.153. The van der Waals surface area contributed by atoms with Crippen molar-refractivity contribution in [2.75, 3.05) is 14.1 Å². The van der Waals surface area contributed by atoms with Crippen LogP contribution in [-0.2, 0) is 18.3 Å². The number of rotatable bonds is 7. The Morgan fingerprint density at radius 2 is 2.07 bits per heavy atom. The van der Waals surface area contributed by atoms with Gasteiger partial charge in [0.05, 0.1) is 17.1 Å². The van der Waals surface area contributed by atoms with Crippen LogP contribution in [0.3, 0.4) is 0 Å². The molecule has 0 bridgehead atoms. The summed E-state index contributed by atoms with van der Waals surface area (Å²) in [5.41, 5.74) is 2.82. The van der Waals surface area contributed by atoms with Crippen molar-refractivity contribution >= 4 is 17.1 Å². The quantitative estimate of drug-likeness (QED) is 0.767. The van der Waals surface area contributed by atoms with Crippen LogP contribution in [-0.4, -0.2) is 40.2 Å². The van der Waals surface area contributed by atoms with Gasteiger partial charge in [-0.1, -0.05) is 25.0 Å². The van der Waals surface area contributed by atoms with Crippen LogP contribution >= 0.6 is 0 Å². The number of aryl methyl sites for hydroxylation is 1. The van der Waals surface area contributed by atoms with Gasteiger partial charge in [-0.2, -0.15) is 0 Å². The number of alkyl carbamates (subject to hydrolysis) is 1. The molecule has 1 heterocycles.